The molecule has 2 amide bonds. The zero-order chi connectivity index (χ0) is 9.47. The quantitative estimate of drug-likeness (QED) is 0.515. The van der Waals surface area contributed by atoms with Crippen LogP contribution in [0, 0.1) is 0 Å². The largest absolute Gasteiger partial charge is 0.385 e. The maximum Gasteiger partial charge on any atom is 0.343 e. The van der Waals surface area contributed by atoms with Crippen molar-refractivity contribution in [2.24, 2.45) is 10.7 Å². The first-order valence-corrected chi connectivity index (χ1v) is 4.53. The summed E-state index contributed by atoms with van der Waals surface area (Å²) in [7, 11) is 0. The van der Waals surface area contributed by atoms with Crippen molar-refractivity contribution in [1.82, 2.24) is 10.6 Å². The fraction of sp³-hybridized carbons (Fsp3) is 0.750. The maximum atomic E-state index is 11.0. The second-order valence-electron chi connectivity index (χ2n) is 3.78. The SMILES string of the molecule is CC1(C2CCCN2)NC(=O)N=C1N. The highest BCUT2D eigenvalue weighted by molar-refractivity contribution is 6.06. The lowest BCUT2D eigenvalue weighted by atomic mass is 9.91. The fourth-order valence-electron chi connectivity index (χ4n) is 1.98. The molecular weight excluding hydrogens is 168 g/mol. The van der Waals surface area contributed by atoms with Gasteiger partial charge in [0.05, 0.1) is 0 Å². The molecule has 0 bridgehead atoms. The summed E-state index contributed by atoms with van der Waals surface area (Å²) in [5.41, 5.74) is 5.23. The van der Waals surface area contributed by atoms with E-state index in [0.29, 0.717) is 5.84 Å². The molecule has 4 N–H and O–H groups in total. The number of nitrogens with zero attached hydrogens (tertiary/aromatic N) is 1. The Hall–Kier alpha value is -1.10. The molecule has 2 unspecified atom stereocenters. The van der Waals surface area contributed by atoms with Gasteiger partial charge in [-0.1, -0.05) is 0 Å². The smallest absolute Gasteiger partial charge is 0.343 e. The van der Waals surface area contributed by atoms with Crippen LogP contribution >= 0.6 is 0 Å². The zero-order valence-electron chi connectivity index (χ0n) is 7.63. The average molecular weight is 182 g/mol. The van der Waals surface area contributed by atoms with Gasteiger partial charge >= 0.3 is 6.03 Å². The molecule has 2 rings (SSSR count). The number of amides is 2. The minimum absolute atomic E-state index is 0.225. The summed E-state index contributed by atoms with van der Waals surface area (Å²) in [6.07, 6.45) is 2.16. The Balaban J connectivity index is 2.20. The topological polar surface area (TPSA) is 79.5 Å². The predicted molar refractivity (Wildman–Crippen MR) is 49.6 cm³/mol. The number of carbonyl (C=O) groups excluding carboxylic acids is 1. The van der Waals surface area contributed by atoms with E-state index < -0.39 is 5.54 Å². The lowest BCUT2D eigenvalue weighted by molar-refractivity contribution is 0.243. The van der Waals surface area contributed by atoms with Crippen LogP contribution < -0.4 is 16.4 Å². The van der Waals surface area contributed by atoms with Gasteiger partial charge in [0.1, 0.15) is 11.4 Å². The Kier molecular flexibility index (Phi) is 1.76. The van der Waals surface area contributed by atoms with Crippen molar-refractivity contribution < 1.29 is 4.79 Å². The molecule has 0 aromatic rings. The minimum atomic E-state index is -0.479. The lowest BCUT2D eigenvalue weighted by Crippen LogP contribution is -2.60. The second kappa shape index (κ2) is 2.70. The van der Waals surface area contributed by atoms with Crippen LogP contribution in [0.25, 0.3) is 0 Å². The molecule has 1 fully saturated rings. The number of carbonyl (C=O) groups is 1. The van der Waals surface area contributed by atoms with Crippen LogP contribution in [0.1, 0.15) is 19.8 Å². The number of hydrogen-bond donors (Lipinski definition) is 3. The average Bonchev–Trinajstić information content (AvgIpc) is 2.61. The molecule has 2 heterocycles. The second-order valence-corrected chi connectivity index (χ2v) is 3.78. The molecule has 2 atom stereocenters. The molecule has 1 saturated heterocycles. The van der Waals surface area contributed by atoms with Gasteiger partial charge in [0.15, 0.2) is 0 Å². The predicted octanol–water partition coefficient (Wildman–Crippen LogP) is -0.422. The number of rotatable bonds is 1. The summed E-state index contributed by atoms with van der Waals surface area (Å²) in [5, 5.41) is 6.11. The molecule has 0 radical (unpaired) electrons. The highest BCUT2D eigenvalue weighted by atomic mass is 16.2. The van der Waals surface area contributed by atoms with Crippen molar-refractivity contribution in [2.45, 2.75) is 31.3 Å². The van der Waals surface area contributed by atoms with Gasteiger partial charge in [-0.2, -0.15) is 4.99 Å². The highest BCUT2D eigenvalue weighted by Crippen LogP contribution is 2.22. The third-order valence-corrected chi connectivity index (χ3v) is 2.88. The van der Waals surface area contributed by atoms with Crippen LogP contribution in [0.15, 0.2) is 4.99 Å². The molecule has 0 saturated carbocycles. The first-order valence-electron chi connectivity index (χ1n) is 4.53. The van der Waals surface area contributed by atoms with Crippen molar-refractivity contribution in [3.05, 3.63) is 0 Å². The number of urea groups is 1. The summed E-state index contributed by atoms with van der Waals surface area (Å²) >= 11 is 0. The van der Waals surface area contributed by atoms with Gasteiger partial charge < -0.3 is 16.4 Å². The Morgan fingerprint density at radius 3 is 2.92 bits per heavy atom. The van der Waals surface area contributed by atoms with Crippen molar-refractivity contribution >= 4 is 11.9 Å². The Bertz CT molecular complexity index is 269. The summed E-state index contributed by atoms with van der Waals surface area (Å²) in [4.78, 5) is 14.7. The Labute approximate surface area is 76.8 Å². The van der Waals surface area contributed by atoms with E-state index >= 15 is 0 Å². The van der Waals surface area contributed by atoms with Crippen LogP contribution in [-0.2, 0) is 0 Å². The van der Waals surface area contributed by atoms with E-state index in [1.807, 2.05) is 6.92 Å². The van der Waals surface area contributed by atoms with Gasteiger partial charge in [-0.3, -0.25) is 0 Å². The molecule has 2 aliphatic heterocycles. The van der Waals surface area contributed by atoms with E-state index in [2.05, 4.69) is 15.6 Å². The molecule has 0 aliphatic carbocycles. The number of nitrogens with two attached hydrogens (primary N) is 1. The van der Waals surface area contributed by atoms with E-state index in [1.54, 1.807) is 0 Å². The van der Waals surface area contributed by atoms with Gasteiger partial charge in [0, 0.05) is 6.04 Å². The molecule has 2 aliphatic rings. The maximum absolute atomic E-state index is 11.0. The van der Waals surface area contributed by atoms with Crippen molar-refractivity contribution in [2.75, 3.05) is 6.54 Å². The van der Waals surface area contributed by atoms with Crippen LogP contribution in [0.5, 0.6) is 0 Å². The van der Waals surface area contributed by atoms with Gasteiger partial charge in [0.2, 0.25) is 0 Å². The van der Waals surface area contributed by atoms with Crippen LogP contribution in [0.4, 0.5) is 4.79 Å². The summed E-state index contributed by atoms with van der Waals surface area (Å²) in [5.74, 6) is 0.400. The molecule has 0 spiro atoms. The zero-order valence-corrected chi connectivity index (χ0v) is 7.63. The van der Waals surface area contributed by atoms with E-state index in [0.717, 1.165) is 19.4 Å². The van der Waals surface area contributed by atoms with Gasteiger partial charge in [-0.15, -0.1) is 0 Å². The molecule has 0 aromatic heterocycles. The van der Waals surface area contributed by atoms with Gasteiger partial charge in [-0.25, -0.2) is 4.79 Å². The van der Waals surface area contributed by atoms with E-state index in [1.165, 1.54) is 0 Å². The molecule has 5 nitrogen and oxygen atoms in total. The van der Waals surface area contributed by atoms with E-state index in [-0.39, 0.29) is 12.1 Å². The molecule has 0 aromatic carbocycles. The normalized spacial score (nSPS) is 39.0. The molecule has 13 heavy (non-hydrogen) atoms. The van der Waals surface area contributed by atoms with Crippen LogP contribution in [0.3, 0.4) is 0 Å². The third kappa shape index (κ3) is 1.19. The standard InChI is InChI=1S/C8H14N4O/c1-8(5-3-2-4-10-5)6(9)11-7(13)12-8/h5,10H,2-4H2,1H3,(H3,9,11,12,13). The third-order valence-electron chi connectivity index (χ3n) is 2.88. The number of nitrogens with one attached hydrogen (secondary N) is 2. The summed E-state index contributed by atoms with van der Waals surface area (Å²) < 4.78 is 0. The van der Waals surface area contributed by atoms with Gasteiger partial charge in [-0.05, 0) is 26.3 Å². The molecule has 72 valence electrons. The van der Waals surface area contributed by atoms with Gasteiger partial charge in [0.25, 0.3) is 0 Å². The Morgan fingerprint density at radius 1 is 1.69 bits per heavy atom. The van der Waals surface area contributed by atoms with Crippen molar-refractivity contribution in [3.8, 4) is 0 Å². The minimum Gasteiger partial charge on any atom is -0.385 e. The van der Waals surface area contributed by atoms with Crippen molar-refractivity contribution in [3.63, 3.8) is 0 Å². The highest BCUT2D eigenvalue weighted by Gasteiger charge is 2.44. The summed E-state index contributed by atoms with van der Waals surface area (Å²) in [6, 6.07) is -0.101. The number of aliphatic imine (C=N–C) groups is 1. The Morgan fingerprint density at radius 2 is 2.46 bits per heavy atom. The first kappa shape index (κ1) is 8.50. The van der Waals surface area contributed by atoms with Crippen molar-refractivity contribution in [1.29, 1.82) is 0 Å². The van der Waals surface area contributed by atoms with Crippen LogP contribution in [0.2, 0.25) is 0 Å². The summed E-state index contributed by atoms with van der Waals surface area (Å²) in [6.45, 7) is 2.91. The first-order chi connectivity index (χ1) is 6.13. The number of amidine groups is 1. The van der Waals surface area contributed by atoms with E-state index in [4.69, 9.17) is 5.73 Å². The molecular formula is C8H14N4O. The van der Waals surface area contributed by atoms with Crippen LogP contribution in [-0.4, -0.2) is 30.0 Å². The fourth-order valence-corrected chi connectivity index (χ4v) is 1.98. The number of hydrogen-bond acceptors (Lipinski definition) is 3. The monoisotopic (exact) mass is 182 g/mol. The lowest BCUT2D eigenvalue weighted by Gasteiger charge is -2.30. The molecule has 5 heteroatoms. The van der Waals surface area contributed by atoms with E-state index in [9.17, 15) is 4.79 Å².